The van der Waals surface area contributed by atoms with Crippen molar-refractivity contribution in [3.05, 3.63) is 84.4 Å². The molecular weight excluding hydrogens is 420 g/mol. The lowest BCUT2D eigenvalue weighted by Gasteiger charge is -2.07. The summed E-state index contributed by atoms with van der Waals surface area (Å²) in [5, 5.41) is 5.82. The molecule has 0 radical (unpaired) electrons. The van der Waals surface area contributed by atoms with E-state index >= 15 is 0 Å². The van der Waals surface area contributed by atoms with Gasteiger partial charge in [0.05, 0.1) is 15.1 Å². The molecule has 1 heterocycles. The van der Waals surface area contributed by atoms with Gasteiger partial charge >= 0.3 is 6.03 Å². The van der Waals surface area contributed by atoms with E-state index < -0.39 is 10.0 Å². The van der Waals surface area contributed by atoms with Gasteiger partial charge in [-0.1, -0.05) is 59.9 Å². The van der Waals surface area contributed by atoms with Gasteiger partial charge in [-0.3, -0.25) is 4.72 Å². The van der Waals surface area contributed by atoms with Gasteiger partial charge in [0.2, 0.25) is 0 Å². The zero-order chi connectivity index (χ0) is 21.0. The van der Waals surface area contributed by atoms with E-state index in [0.717, 1.165) is 10.3 Å². The second-order valence-electron chi connectivity index (χ2n) is 6.41. The first-order chi connectivity index (χ1) is 14.5. The molecule has 2 amide bonds. The van der Waals surface area contributed by atoms with Crippen molar-refractivity contribution in [3.63, 3.8) is 0 Å². The summed E-state index contributed by atoms with van der Waals surface area (Å²) in [6.07, 6.45) is 0. The average molecular weight is 439 g/mol. The van der Waals surface area contributed by atoms with Crippen LogP contribution in [0.25, 0.3) is 10.2 Å². The number of amides is 2. The summed E-state index contributed by atoms with van der Waals surface area (Å²) >= 11 is 1.22. The molecule has 152 valence electrons. The summed E-state index contributed by atoms with van der Waals surface area (Å²) in [6.45, 7) is 0.414. The highest BCUT2D eigenvalue weighted by atomic mass is 32.2. The number of anilines is 2. The summed E-state index contributed by atoms with van der Waals surface area (Å²) in [4.78, 5) is 16.6. The fraction of sp³-hybridized carbons (Fsp3) is 0.0476. The maximum atomic E-state index is 12.5. The third kappa shape index (κ3) is 4.76. The van der Waals surface area contributed by atoms with Crippen LogP contribution in [-0.2, 0) is 16.6 Å². The molecule has 7 nitrogen and oxygen atoms in total. The average Bonchev–Trinajstić information content (AvgIpc) is 3.14. The molecule has 0 aliphatic rings. The van der Waals surface area contributed by atoms with Crippen LogP contribution in [0.1, 0.15) is 5.56 Å². The summed E-state index contributed by atoms with van der Waals surface area (Å²) in [7, 11) is -3.71. The third-order valence-corrected chi connectivity index (χ3v) is 6.65. The van der Waals surface area contributed by atoms with Crippen molar-refractivity contribution < 1.29 is 13.2 Å². The number of carbonyl (C=O) groups is 1. The Kier molecular flexibility index (Phi) is 5.64. The number of hydrogen-bond donors (Lipinski definition) is 3. The fourth-order valence-electron chi connectivity index (χ4n) is 2.78. The quantitative estimate of drug-likeness (QED) is 0.415. The van der Waals surface area contributed by atoms with Crippen molar-refractivity contribution in [2.24, 2.45) is 0 Å². The number of sulfonamides is 1. The van der Waals surface area contributed by atoms with Crippen molar-refractivity contribution in [1.82, 2.24) is 10.3 Å². The summed E-state index contributed by atoms with van der Waals surface area (Å²) < 4.78 is 28.2. The summed E-state index contributed by atoms with van der Waals surface area (Å²) in [5.74, 6) is 0. The Morgan fingerprint density at radius 2 is 1.63 bits per heavy atom. The highest BCUT2D eigenvalue weighted by Crippen LogP contribution is 2.29. The van der Waals surface area contributed by atoms with Crippen LogP contribution in [0.3, 0.4) is 0 Å². The van der Waals surface area contributed by atoms with Crippen LogP contribution in [-0.4, -0.2) is 19.4 Å². The van der Waals surface area contributed by atoms with Gasteiger partial charge in [0, 0.05) is 12.2 Å². The highest BCUT2D eigenvalue weighted by Gasteiger charge is 2.16. The van der Waals surface area contributed by atoms with Crippen LogP contribution in [0, 0.1) is 0 Å². The Hall–Kier alpha value is -3.43. The Balaban J connectivity index is 1.44. The number of benzene rings is 3. The smallest absolute Gasteiger partial charge is 0.319 e. The summed E-state index contributed by atoms with van der Waals surface area (Å²) in [6, 6.07) is 22.6. The first-order valence-corrected chi connectivity index (χ1v) is 11.4. The molecule has 0 spiro atoms. The molecule has 4 aromatic rings. The van der Waals surface area contributed by atoms with E-state index in [1.165, 1.54) is 23.5 Å². The fourth-order valence-corrected chi connectivity index (χ4v) is 4.88. The van der Waals surface area contributed by atoms with Gasteiger partial charge in [-0.15, -0.1) is 0 Å². The van der Waals surface area contributed by atoms with Crippen LogP contribution < -0.4 is 15.4 Å². The van der Waals surface area contributed by atoms with Gasteiger partial charge in [0.15, 0.2) is 5.13 Å². The number of urea groups is 1. The van der Waals surface area contributed by atoms with Crippen molar-refractivity contribution in [2.45, 2.75) is 11.4 Å². The van der Waals surface area contributed by atoms with E-state index in [0.29, 0.717) is 17.7 Å². The standard InChI is InChI=1S/C21H18N4O3S2/c26-20(22-14-15-7-3-1-4-8-15)23-16-11-12-19-18(13-16)24-21(29-19)25-30(27,28)17-9-5-2-6-10-17/h1-13H,14H2,(H,24,25)(H2,22,23,26). The molecule has 9 heteroatoms. The molecule has 3 aromatic carbocycles. The van der Waals surface area contributed by atoms with Crippen LogP contribution in [0.2, 0.25) is 0 Å². The SMILES string of the molecule is O=C(NCc1ccccc1)Nc1ccc2sc(NS(=O)(=O)c3ccccc3)nc2c1. The van der Waals surface area contributed by atoms with E-state index in [4.69, 9.17) is 0 Å². The van der Waals surface area contributed by atoms with E-state index in [1.54, 1.807) is 36.4 Å². The number of hydrogen-bond acceptors (Lipinski definition) is 5. The number of fused-ring (bicyclic) bond motifs is 1. The van der Waals surface area contributed by atoms with Gasteiger partial charge in [0.25, 0.3) is 10.0 Å². The molecule has 0 fully saturated rings. The minimum Gasteiger partial charge on any atom is -0.334 e. The predicted octanol–water partition coefficient (Wildman–Crippen LogP) is 4.42. The Labute approximate surface area is 177 Å². The number of carbonyl (C=O) groups excluding carboxylic acids is 1. The second kappa shape index (κ2) is 8.52. The van der Waals surface area contributed by atoms with E-state index in [2.05, 4.69) is 20.3 Å². The third-order valence-electron chi connectivity index (χ3n) is 4.22. The second-order valence-corrected chi connectivity index (χ2v) is 9.13. The monoisotopic (exact) mass is 438 g/mol. The molecule has 30 heavy (non-hydrogen) atoms. The number of rotatable bonds is 6. The zero-order valence-corrected chi connectivity index (χ0v) is 17.3. The molecule has 0 saturated carbocycles. The molecule has 0 bridgehead atoms. The molecule has 1 aromatic heterocycles. The Morgan fingerprint density at radius 1 is 0.933 bits per heavy atom. The Morgan fingerprint density at radius 3 is 2.37 bits per heavy atom. The molecule has 3 N–H and O–H groups in total. The van der Waals surface area contributed by atoms with Crippen molar-refractivity contribution in [1.29, 1.82) is 0 Å². The van der Waals surface area contributed by atoms with Crippen molar-refractivity contribution in [2.75, 3.05) is 10.0 Å². The Bertz CT molecular complexity index is 1270. The summed E-state index contributed by atoms with van der Waals surface area (Å²) in [5.41, 5.74) is 2.15. The number of nitrogens with zero attached hydrogens (tertiary/aromatic N) is 1. The van der Waals surface area contributed by atoms with Gasteiger partial charge in [-0.05, 0) is 35.9 Å². The first-order valence-electron chi connectivity index (χ1n) is 9.07. The molecule has 0 aliphatic carbocycles. The molecular formula is C21H18N4O3S2. The van der Waals surface area contributed by atoms with E-state index in [1.807, 2.05) is 30.3 Å². The minimum absolute atomic E-state index is 0.168. The molecule has 0 saturated heterocycles. The van der Waals surface area contributed by atoms with Crippen LogP contribution in [0.5, 0.6) is 0 Å². The normalized spacial score (nSPS) is 11.2. The van der Waals surface area contributed by atoms with Gasteiger partial charge in [-0.25, -0.2) is 18.2 Å². The van der Waals surface area contributed by atoms with Crippen LogP contribution in [0.15, 0.2) is 83.8 Å². The lowest BCUT2D eigenvalue weighted by molar-refractivity contribution is 0.251. The van der Waals surface area contributed by atoms with Gasteiger partial charge in [-0.2, -0.15) is 0 Å². The highest BCUT2D eigenvalue weighted by molar-refractivity contribution is 7.93. The minimum atomic E-state index is -3.71. The number of aromatic nitrogens is 1. The van der Waals surface area contributed by atoms with Crippen LogP contribution in [0.4, 0.5) is 15.6 Å². The number of thiazole rings is 1. The maximum absolute atomic E-state index is 12.5. The largest absolute Gasteiger partial charge is 0.334 e. The van der Waals surface area contributed by atoms with Crippen molar-refractivity contribution >= 4 is 48.4 Å². The molecule has 0 atom stereocenters. The predicted molar refractivity (Wildman–Crippen MR) is 119 cm³/mol. The molecule has 0 aliphatic heterocycles. The van der Waals surface area contributed by atoms with Gasteiger partial charge in [0.1, 0.15) is 0 Å². The van der Waals surface area contributed by atoms with Crippen molar-refractivity contribution in [3.8, 4) is 0 Å². The maximum Gasteiger partial charge on any atom is 0.319 e. The van der Waals surface area contributed by atoms with Crippen LogP contribution >= 0.6 is 11.3 Å². The lowest BCUT2D eigenvalue weighted by Crippen LogP contribution is -2.28. The lowest BCUT2D eigenvalue weighted by atomic mass is 10.2. The molecule has 0 unspecified atom stereocenters. The van der Waals surface area contributed by atoms with E-state index in [9.17, 15) is 13.2 Å². The number of nitrogens with one attached hydrogen (secondary N) is 3. The van der Waals surface area contributed by atoms with E-state index in [-0.39, 0.29) is 16.1 Å². The zero-order valence-electron chi connectivity index (χ0n) is 15.7. The van der Waals surface area contributed by atoms with Gasteiger partial charge < -0.3 is 10.6 Å². The molecule has 4 rings (SSSR count). The topological polar surface area (TPSA) is 100 Å². The first kappa shape index (κ1) is 19.9.